The molecule has 0 radical (unpaired) electrons. The van der Waals surface area contributed by atoms with Crippen molar-refractivity contribution < 1.29 is 4.74 Å². The highest BCUT2D eigenvalue weighted by molar-refractivity contribution is 5.84. The van der Waals surface area contributed by atoms with Crippen molar-refractivity contribution in [2.24, 2.45) is 4.99 Å². The Bertz CT molecular complexity index is 774. The van der Waals surface area contributed by atoms with E-state index in [9.17, 15) is 0 Å². The van der Waals surface area contributed by atoms with Gasteiger partial charge in [0.1, 0.15) is 0 Å². The summed E-state index contributed by atoms with van der Waals surface area (Å²) in [5.41, 5.74) is 3.89. The molecule has 1 aromatic carbocycles. The average Bonchev–Trinajstić information content (AvgIpc) is 3.00. The van der Waals surface area contributed by atoms with Gasteiger partial charge < -0.3 is 20.4 Å². The minimum Gasteiger partial charge on any atom is -0.379 e. The number of rotatable bonds is 6. The lowest BCUT2D eigenvalue weighted by atomic mass is 10.0. The average molecular weight is 372 g/mol. The van der Waals surface area contributed by atoms with E-state index in [4.69, 9.17) is 4.74 Å². The van der Waals surface area contributed by atoms with E-state index in [1.807, 2.05) is 7.05 Å². The second-order valence-corrected chi connectivity index (χ2v) is 7.79. The Kier molecular flexibility index (Phi) is 6.39. The van der Waals surface area contributed by atoms with Crippen LogP contribution in [0.2, 0.25) is 0 Å². The summed E-state index contributed by atoms with van der Waals surface area (Å²) in [6, 6.07) is 8.49. The molecule has 0 amide bonds. The zero-order valence-electron chi connectivity index (χ0n) is 17.1. The standard InChI is InChI=1S/C21H33N5O/c1-16-17(18-7-5-6-8-19(18)25-16)9-10-23-20(22-4)24-15-21(2,3)26-11-13-27-14-12-26/h5-8,25H,9-15H2,1-4H3,(H2,22,23,24). The van der Waals surface area contributed by atoms with Gasteiger partial charge in [0.2, 0.25) is 0 Å². The maximum absolute atomic E-state index is 5.47. The molecule has 1 aliphatic rings. The predicted octanol–water partition coefficient (Wildman–Crippen LogP) is 2.29. The molecule has 2 aromatic rings. The van der Waals surface area contributed by atoms with Crippen LogP contribution in [0.15, 0.2) is 29.3 Å². The fourth-order valence-corrected chi connectivity index (χ4v) is 3.76. The molecule has 0 atom stereocenters. The lowest BCUT2D eigenvalue weighted by Gasteiger charge is -2.41. The minimum atomic E-state index is 0.0643. The second kappa shape index (κ2) is 8.76. The number of ether oxygens (including phenoxy) is 1. The zero-order valence-corrected chi connectivity index (χ0v) is 17.1. The Morgan fingerprint density at radius 1 is 1.22 bits per heavy atom. The Morgan fingerprint density at radius 2 is 1.96 bits per heavy atom. The summed E-state index contributed by atoms with van der Waals surface area (Å²) in [4.78, 5) is 10.3. The number of nitrogens with one attached hydrogen (secondary N) is 3. The first-order chi connectivity index (χ1) is 13.0. The highest BCUT2D eigenvalue weighted by Crippen LogP contribution is 2.22. The summed E-state index contributed by atoms with van der Waals surface area (Å²) < 4.78 is 5.47. The van der Waals surface area contributed by atoms with Crippen molar-refractivity contribution in [2.45, 2.75) is 32.7 Å². The number of para-hydroxylation sites is 1. The molecule has 1 fully saturated rings. The molecule has 2 heterocycles. The number of hydrogen-bond donors (Lipinski definition) is 3. The number of aryl methyl sites for hydroxylation is 1. The molecule has 6 heteroatoms. The summed E-state index contributed by atoms with van der Waals surface area (Å²) >= 11 is 0. The van der Waals surface area contributed by atoms with E-state index >= 15 is 0 Å². The van der Waals surface area contributed by atoms with E-state index in [2.05, 4.69) is 70.5 Å². The predicted molar refractivity (Wildman–Crippen MR) is 113 cm³/mol. The summed E-state index contributed by atoms with van der Waals surface area (Å²) in [6.45, 7) is 12.0. The summed E-state index contributed by atoms with van der Waals surface area (Å²) in [6.07, 6.45) is 0.962. The minimum absolute atomic E-state index is 0.0643. The second-order valence-electron chi connectivity index (χ2n) is 7.79. The van der Waals surface area contributed by atoms with Crippen molar-refractivity contribution in [3.05, 3.63) is 35.5 Å². The van der Waals surface area contributed by atoms with Crippen LogP contribution in [-0.2, 0) is 11.2 Å². The summed E-state index contributed by atoms with van der Waals surface area (Å²) in [5.74, 6) is 0.855. The van der Waals surface area contributed by atoms with Crippen molar-refractivity contribution >= 4 is 16.9 Å². The van der Waals surface area contributed by atoms with Crippen LogP contribution in [0.5, 0.6) is 0 Å². The molecule has 27 heavy (non-hydrogen) atoms. The highest BCUT2D eigenvalue weighted by Gasteiger charge is 2.28. The van der Waals surface area contributed by atoms with Crippen LogP contribution in [0.3, 0.4) is 0 Å². The number of guanidine groups is 1. The molecule has 1 aromatic heterocycles. The van der Waals surface area contributed by atoms with Crippen molar-refractivity contribution in [3.8, 4) is 0 Å². The van der Waals surface area contributed by atoms with E-state index in [0.29, 0.717) is 0 Å². The largest absolute Gasteiger partial charge is 0.379 e. The van der Waals surface area contributed by atoms with Crippen LogP contribution in [0.1, 0.15) is 25.1 Å². The van der Waals surface area contributed by atoms with E-state index in [1.165, 1.54) is 22.2 Å². The number of nitrogens with zero attached hydrogens (tertiary/aromatic N) is 2. The fourth-order valence-electron chi connectivity index (χ4n) is 3.76. The maximum atomic E-state index is 5.47. The summed E-state index contributed by atoms with van der Waals surface area (Å²) in [5, 5.41) is 8.26. The number of H-pyrrole nitrogens is 1. The first-order valence-corrected chi connectivity index (χ1v) is 9.85. The molecule has 1 aliphatic heterocycles. The Hall–Kier alpha value is -2.05. The molecule has 0 aliphatic carbocycles. The van der Waals surface area contributed by atoms with Crippen molar-refractivity contribution in [3.63, 3.8) is 0 Å². The monoisotopic (exact) mass is 371 g/mol. The first-order valence-electron chi connectivity index (χ1n) is 9.85. The Morgan fingerprint density at radius 3 is 2.70 bits per heavy atom. The quantitative estimate of drug-likeness (QED) is 0.539. The highest BCUT2D eigenvalue weighted by atomic mass is 16.5. The van der Waals surface area contributed by atoms with Crippen molar-refractivity contribution in [1.29, 1.82) is 0 Å². The molecular weight excluding hydrogens is 338 g/mol. The molecule has 6 nitrogen and oxygen atoms in total. The third-order valence-electron chi connectivity index (χ3n) is 5.47. The van der Waals surface area contributed by atoms with Gasteiger partial charge in [0.05, 0.1) is 13.2 Å². The number of benzene rings is 1. The van der Waals surface area contributed by atoms with Crippen LogP contribution in [0.4, 0.5) is 0 Å². The molecule has 0 saturated carbocycles. The van der Waals surface area contributed by atoms with Gasteiger partial charge in [0.15, 0.2) is 5.96 Å². The molecule has 0 bridgehead atoms. The molecule has 148 valence electrons. The van der Waals surface area contributed by atoms with Crippen molar-refractivity contribution in [1.82, 2.24) is 20.5 Å². The van der Waals surface area contributed by atoms with Crippen LogP contribution >= 0.6 is 0 Å². The van der Waals surface area contributed by atoms with Gasteiger partial charge in [-0.15, -0.1) is 0 Å². The van der Waals surface area contributed by atoms with Gasteiger partial charge in [-0.2, -0.15) is 0 Å². The van der Waals surface area contributed by atoms with Gasteiger partial charge in [-0.3, -0.25) is 9.89 Å². The Balaban J connectivity index is 1.51. The SMILES string of the molecule is CN=C(NCCc1c(C)[nH]c2ccccc12)NCC(C)(C)N1CCOCC1. The van der Waals surface area contributed by atoms with Crippen molar-refractivity contribution in [2.75, 3.05) is 46.4 Å². The third-order valence-corrected chi connectivity index (χ3v) is 5.47. The third kappa shape index (κ3) is 4.82. The van der Waals surface area contributed by atoms with Gasteiger partial charge in [-0.1, -0.05) is 18.2 Å². The summed E-state index contributed by atoms with van der Waals surface area (Å²) in [7, 11) is 1.83. The first kappa shape index (κ1) is 19.7. The normalized spacial score (nSPS) is 16.7. The smallest absolute Gasteiger partial charge is 0.191 e. The van der Waals surface area contributed by atoms with E-state index in [0.717, 1.165) is 51.8 Å². The molecular formula is C21H33N5O. The number of aromatic amines is 1. The van der Waals surface area contributed by atoms with Gasteiger partial charge >= 0.3 is 0 Å². The van der Waals surface area contributed by atoms with Crippen LogP contribution in [-0.4, -0.2) is 67.8 Å². The fraction of sp³-hybridized carbons (Fsp3) is 0.571. The number of aromatic nitrogens is 1. The van der Waals surface area contributed by atoms with Gasteiger partial charge in [-0.05, 0) is 38.8 Å². The number of fused-ring (bicyclic) bond motifs is 1. The lowest BCUT2D eigenvalue weighted by Crippen LogP contribution is -2.56. The molecule has 0 unspecified atom stereocenters. The number of aliphatic imine (C=N–C) groups is 1. The molecule has 0 spiro atoms. The number of hydrogen-bond acceptors (Lipinski definition) is 3. The van der Waals surface area contributed by atoms with E-state index < -0.39 is 0 Å². The maximum Gasteiger partial charge on any atom is 0.191 e. The lowest BCUT2D eigenvalue weighted by molar-refractivity contribution is -0.00833. The van der Waals surface area contributed by atoms with E-state index in [-0.39, 0.29) is 5.54 Å². The van der Waals surface area contributed by atoms with Gasteiger partial charge in [0, 0.05) is 55.4 Å². The van der Waals surface area contributed by atoms with Crippen LogP contribution in [0.25, 0.3) is 10.9 Å². The van der Waals surface area contributed by atoms with Crippen LogP contribution in [0, 0.1) is 6.92 Å². The Labute approximate surface area is 162 Å². The number of morpholine rings is 1. The molecule has 3 N–H and O–H groups in total. The van der Waals surface area contributed by atoms with Gasteiger partial charge in [-0.25, -0.2) is 0 Å². The van der Waals surface area contributed by atoms with Crippen LogP contribution < -0.4 is 10.6 Å². The topological polar surface area (TPSA) is 64.7 Å². The zero-order chi connectivity index (χ0) is 19.3. The molecule has 3 rings (SSSR count). The van der Waals surface area contributed by atoms with E-state index in [1.54, 1.807) is 0 Å². The van der Waals surface area contributed by atoms with Gasteiger partial charge in [0.25, 0.3) is 0 Å². The molecule has 1 saturated heterocycles.